The Kier molecular flexibility index (Phi) is 3.81. The molecular weight excluding hydrogens is 214 g/mol. The van der Waals surface area contributed by atoms with Gasteiger partial charge in [-0.25, -0.2) is 0 Å². The number of hydroxylamine groups is 1. The Balaban J connectivity index is 1.91. The third-order valence-corrected chi connectivity index (χ3v) is 4.19. The predicted octanol–water partition coefficient (Wildman–Crippen LogP) is 3.04. The smallest absolute Gasteiger partial charge is 0.0813 e. The van der Waals surface area contributed by atoms with E-state index in [0.717, 1.165) is 13.0 Å². The Hall–Kier alpha value is -0.120. The summed E-state index contributed by atoms with van der Waals surface area (Å²) in [5.74, 6) is 0. The molecule has 3 nitrogen and oxygen atoms in total. The number of rotatable bonds is 4. The van der Waals surface area contributed by atoms with Crippen LogP contribution in [-0.2, 0) is 9.57 Å². The van der Waals surface area contributed by atoms with E-state index in [1.54, 1.807) is 0 Å². The molecule has 17 heavy (non-hydrogen) atoms. The fraction of sp³-hybridized carbons (Fsp3) is 1.00. The number of hydrogen-bond acceptors (Lipinski definition) is 3. The molecule has 0 aromatic rings. The zero-order chi connectivity index (χ0) is 12.5. The van der Waals surface area contributed by atoms with Crippen LogP contribution in [0.25, 0.3) is 0 Å². The Morgan fingerprint density at radius 2 is 1.88 bits per heavy atom. The molecule has 0 radical (unpaired) electrons. The van der Waals surface area contributed by atoms with Gasteiger partial charge in [0, 0.05) is 18.1 Å². The maximum Gasteiger partial charge on any atom is 0.0813 e. The van der Waals surface area contributed by atoms with Gasteiger partial charge in [0.05, 0.1) is 11.7 Å². The van der Waals surface area contributed by atoms with Gasteiger partial charge < -0.3 is 4.74 Å². The van der Waals surface area contributed by atoms with Gasteiger partial charge in [0.2, 0.25) is 0 Å². The normalized spacial score (nSPS) is 31.8. The second-order valence-electron chi connectivity index (χ2n) is 6.50. The largest absolute Gasteiger partial charge is 0.378 e. The third kappa shape index (κ3) is 2.67. The van der Waals surface area contributed by atoms with Crippen molar-refractivity contribution in [2.45, 2.75) is 77.5 Å². The van der Waals surface area contributed by atoms with E-state index in [0.29, 0.717) is 17.6 Å². The molecule has 0 heterocycles. The molecule has 2 aliphatic carbocycles. The van der Waals surface area contributed by atoms with Crippen molar-refractivity contribution in [1.29, 1.82) is 0 Å². The molecule has 100 valence electrons. The minimum Gasteiger partial charge on any atom is -0.378 e. The molecule has 0 aromatic heterocycles. The van der Waals surface area contributed by atoms with E-state index < -0.39 is 0 Å². The highest BCUT2D eigenvalue weighted by atomic mass is 16.7. The standard InChI is InChI=1S/C14H27NO2/c1-5-16-12-10-11(15-17-13(2,3)4)14(12)8-6-7-9-14/h11-12,15H,5-10H2,1-4H3. The van der Waals surface area contributed by atoms with Gasteiger partial charge in [-0.2, -0.15) is 5.48 Å². The van der Waals surface area contributed by atoms with Gasteiger partial charge in [0.25, 0.3) is 0 Å². The van der Waals surface area contributed by atoms with Crippen LogP contribution in [0.15, 0.2) is 0 Å². The van der Waals surface area contributed by atoms with E-state index in [1.165, 1.54) is 25.7 Å². The second-order valence-corrected chi connectivity index (χ2v) is 6.50. The molecular formula is C14H27NO2. The van der Waals surface area contributed by atoms with E-state index in [4.69, 9.17) is 9.57 Å². The Morgan fingerprint density at radius 1 is 1.24 bits per heavy atom. The summed E-state index contributed by atoms with van der Waals surface area (Å²) in [6.07, 6.45) is 6.83. The van der Waals surface area contributed by atoms with Crippen LogP contribution >= 0.6 is 0 Å². The molecule has 1 N–H and O–H groups in total. The van der Waals surface area contributed by atoms with Crippen LogP contribution in [0, 0.1) is 5.41 Å². The van der Waals surface area contributed by atoms with Crippen LogP contribution in [0.4, 0.5) is 0 Å². The SMILES string of the molecule is CCOC1CC(NOC(C)(C)C)C12CCCC2. The highest BCUT2D eigenvalue weighted by Gasteiger charge is 2.57. The molecule has 2 aliphatic rings. The summed E-state index contributed by atoms with van der Waals surface area (Å²) < 4.78 is 5.88. The average Bonchev–Trinajstić information content (AvgIpc) is 2.72. The van der Waals surface area contributed by atoms with Crippen LogP contribution in [0.3, 0.4) is 0 Å². The van der Waals surface area contributed by atoms with Crippen LogP contribution in [0.1, 0.15) is 59.8 Å². The van der Waals surface area contributed by atoms with Crippen LogP contribution in [0.5, 0.6) is 0 Å². The average molecular weight is 241 g/mol. The summed E-state index contributed by atoms with van der Waals surface area (Å²) >= 11 is 0. The van der Waals surface area contributed by atoms with Gasteiger partial charge >= 0.3 is 0 Å². The molecule has 2 rings (SSSR count). The van der Waals surface area contributed by atoms with Gasteiger partial charge in [0.15, 0.2) is 0 Å². The lowest BCUT2D eigenvalue weighted by Crippen LogP contribution is -2.63. The van der Waals surface area contributed by atoms with Crippen molar-refractivity contribution in [3.63, 3.8) is 0 Å². The monoisotopic (exact) mass is 241 g/mol. The van der Waals surface area contributed by atoms with Crippen molar-refractivity contribution in [3.05, 3.63) is 0 Å². The van der Waals surface area contributed by atoms with E-state index in [-0.39, 0.29) is 5.60 Å². The van der Waals surface area contributed by atoms with E-state index in [2.05, 4.69) is 33.2 Å². The first-order valence-electron chi connectivity index (χ1n) is 7.03. The van der Waals surface area contributed by atoms with Crippen molar-refractivity contribution in [3.8, 4) is 0 Å². The lowest BCUT2D eigenvalue weighted by atomic mass is 9.61. The number of nitrogens with one attached hydrogen (secondary N) is 1. The van der Waals surface area contributed by atoms with E-state index in [9.17, 15) is 0 Å². The summed E-state index contributed by atoms with van der Waals surface area (Å²) in [7, 11) is 0. The molecule has 0 bridgehead atoms. The van der Waals surface area contributed by atoms with Gasteiger partial charge in [-0.1, -0.05) is 12.8 Å². The topological polar surface area (TPSA) is 30.5 Å². The Morgan fingerprint density at radius 3 is 2.41 bits per heavy atom. The molecule has 3 heteroatoms. The second kappa shape index (κ2) is 4.87. The molecule has 0 amide bonds. The third-order valence-electron chi connectivity index (χ3n) is 4.19. The fourth-order valence-corrected chi connectivity index (χ4v) is 3.30. The molecule has 0 aliphatic heterocycles. The predicted molar refractivity (Wildman–Crippen MR) is 68.7 cm³/mol. The zero-order valence-corrected chi connectivity index (χ0v) is 11.7. The minimum atomic E-state index is -0.115. The first-order chi connectivity index (χ1) is 7.98. The molecule has 2 atom stereocenters. The van der Waals surface area contributed by atoms with Gasteiger partial charge in [0.1, 0.15) is 0 Å². The zero-order valence-electron chi connectivity index (χ0n) is 11.7. The number of ether oxygens (including phenoxy) is 1. The molecule has 2 fully saturated rings. The van der Waals surface area contributed by atoms with E-state index >= 15 is 0 Å². The summed E-state index contributed by atoms with van der Waals surface area (Å²) in [6.45, 7) is 9.17. The maximum absolute atomic E-state index is 5.88. The maximum atomic E-state index is 5.88. The molecule has 2 saturated carbocycles. The van der Waals surface area contributed by atoms with Crippen molar-refractivity contribution in [2.75, 3.05) is 6.61 Å². The first-order valence-corrected chi connectivity index (χ1v) is 7.03. The van der Waals surface area contributed by atoms with E-state index in [1.807, 2.05) is 0 Å². The lowest BCUT2D eigenvalue weighted by Gasteiger charge is -2.54. The minimum absolute atomic E-state index is 0.115. The van der Waals surface area contributed by atoms with Gasteiger partial charge in [-0.3, -0.25) is 4.84 Å². The van der Waals surface area contributed by atoms with Crippen molar-refractivity contribution in [1.82, 2.24) is 5.48 Å². The highest BCUT2D eigenvalue weighted by molar-refractivity contribution is 5.09. The summed E-state index contributed by atoms with van der Waals surface area (Å²) in [5.41, 5.74) is 3.55. The molecule has 2 unspecified atom stereocenters. The summed E-state index contributed by atoms with van der Waals surface area (Å²) in [4.78, 5) is 5.74. The Labute approximate surface area is 105 Å². The van der Waals surface area contributed by atoms with Crippen LogP contribution in [0.2, 0.25) is 0 Å². The summed E-state index contributed by atoms with van der Waals surface area (Å²) in [5, 5.41) is 0. The fourth-order valence-electron chi connectivity index (χ4n) is 3.30. The van der Waals surface area contributed by atoms with Crippen LogP contribution in [-0.4, -0.2) is 24.4 Å². The van der Waals surface area contributed by atoms with Crippen molar-refractivity contribution in [2.24, 2.45) is 5.41 Å². The van der Waals surface area contributed by atoms with Crippen LogP contribution < -0.4 is 5.48 Å². The Bertz CT molecular complexity index is 253. The quantitative estimate of drug-likeness (QED) is 0.767. The highest BCUT2D eigenvalue weighted by Crippen LogP contribution is 2.54. The molecule has 0 aromatic carbocycles. The first kappa shape index (κ1) is 13.3. The molecule has 0 saturated heterocycles. The number of hydrogen-bond donors (Lipinski definition) is 1. The van der Waals surface area contributed by atoms with Gasteiger partial charge in [-0.05, 0) is 47.0 Å². The van der Waals surface area contributed by atoms with Crippen molar-refractivity contribution >= 4 is 0 Å². The molecule has 1 spiro atoms. The lowest BCUT2D eigenvalue weighted by molar-refractivity contribution is -0.191. The summed E-state index contributed by atoms with van der Waals surface area (Å²) in [6, 6.07) is 0.487. The van der Waals surface area contributed by atoms with Gasteiger partial charge in [-0.15, -0.1) is 0 Å². The van der Waals surface area contributed by atoms with Crippen molar-refractivity contribution < 1.29 is 9.57 Å².